The maximum Gasteiger partial charge on any atom is 0.206 e. The molecular formula is C12H14N4O3-2. The Balaban J connectivity index is 2.01. The fraction of sp³-hybridized carbons (Fsp3) is 0.417. The Labute approximate surface area is 110 Å². The van der Waals surface area contributed by atoms with Gasteiger partial charge in [0.25, 0.3) is 0 Å². The molecule has 1 aliphatic heterocycles. The molecule has 7 heteroatoms. The van der Waals surface area contributed by atoms with E-state index in [1.54, 1.807) is 12.1 Å². The summed E-state index contributed by atoms with van der Waals surface area (Å²) in [6.07, 6.45) is 2.93. The molecule has 7 nitrogen and oxygen atoms in total. The van der Waals surface area contributed by atoms with Gasteiger partial charge in [0.2, 0.25) is 5.96 Å². The number of hydrogen-bond acceptors (Lipinski definition) is 5. The van der Waals surface area contributed by atoms with Crippen LogP contribution >= 0.6 is 0 Å². The van der Waals surface area contributed by atoms with Crippen molar-refractivity contribution in [2.45, 2.75) is 19.3 Å². The molecule has 0 aromatic heterocycles. The number of benzene rings is 1. The first-order chi connectivity index (χ1) is 9.20. The lowest BCUT2D eigenvalue weighted by Gasteiger charge is -2.46. The Morgan fingerprint density at radius 1 is 1.21 bits per heavy atom. The van der Waals surface area contributed by atoms with Gasteiger partial charge in [0.15, 0.2) is 0 Å². The number of hydrogen-bond donors (Lipinski definition) is 2. The molecule has 2 N–H and O–H groups in total. The number of aliphatic hydroxyl groups is 1. The second-order valence-corrected chi connectivity index (χ2v) is 4.59. The molecule has 0 saturated carbocycles. The van der Waals surface area contributed by atoms with Gasteiger partial charge in [-0.3, -0.25) is 5.43 Å². The van der Waals surface area contributed by atoms with Gasteiger partial charge in [-0.2, -0.15) is 0 Å². The van der Waals surface area contributed by atoms with E-state index in [0.717, 1.165) is 30.4 Å². The summed E-state index contributed by atoms with van der Waals surface area (Å²) in [5, 5.41) is 33.9. The molecule has 1 aliphatic carbocycles. The van der Waals surface area contributed by atoms with Gasteiger partial charge in [0.05, 0.1) is 24.5 Å². The number of aryl methyl sites for hydroxylation is 2. The Hall–Kier alpha value is -1.83. The van der Waals surface area contributed by atoms with Gasteiger partial charge >= 0.3 is 0 Å². The van der Waals surface area contributed by atoms with Gasteiger partial charge in [0, 0.05) is 0 Å². The minimum atomic E-state index is -0.172. The van der Waals surface area contributed by atoms with Crippen LogP contribution in [-0.4, -0.2) is 24.2 Å². The fourth-order valence-electron chi connectivity index (χ4n) is 2.49. The molecule has 3 rings (SSSR count). The van der Waals surface area contributed by atoms with Crippen molar-refractivity contribution in [1.82, 2.24) is 5.43 Å². The highest BCUT2D eigenvalue weighted by molar-refractivity contribution is 6.04. The Morgan fingerprint density at radius 3 is 2.58 bits per heavy atom. The average molecular weight is 262 g/mol. The van der Waals surface area contributed by atoms with Crippen LogP contribution in [0.3, 0.4) is 0 Å². The zero-order valence-corrected chi connectivity index (χ0v) is 10.3. The summed E-state index contributed by atoms with van der Waals surface area (Å²) in [7, 11) is 0. The minimum Gasteiger partial charge on any atom is -0.752 e. The lowest BCUT2D eigenvalue weighted by molar-refractivity contribution is 0.306. The Bertz CT molecular complexity index is 532. The van der Waals surface area contributed by atoms with Crippen molar-refractivity contribution in [1.29, 1.82) is 0 Å². The zero-order valence-electron chi connectivity index (χ0n) is 10.3. The third-order valence-corrected chi connectivity index (χ3v) is 3.38. The lowest BCUT2D eigenvalue weighted by Crippen LogP contribution is -2.50. The summed E-state index contributed by atoms with van der Waals surface area (Å²) in [4.78, 5) is 3.85. The molecule has 1 heterocycles. The number of aliphatic hydroxyl groups excluding tert-OH is 1. The molecule has 0 unspecified atom stereocenters. The number of anilines is 2. The third-order valence-electron chi connectivity index (χ3n) is 3.38. The molecule has 0 radical (unpaired) electrons. The van der Waals surface area contributed by atoms with Crippen molar-refractivity contribution in [2.24, 2.45) is 4.99 Å². The van der Waals surface area contributed by atoms with Crippen molar-refractivity contribution in [3.05, 3.63) is 33.7 Å². The maximum absolute atomic E-state index is 12.1. The second kappa shape index (κ2) is 4.69. The van der Waals surface area contributed by atoms with Crippen molar-refractivity contribution in [3.63, 3.8) is 0 Å². The van der Waals surface area contributed by atoms with Gasteiger partial charge in [-0.25, -0.2) is 4.99 Å². The summed E-state index contributed by atoms with van der Waals surface area (Å²) in [5.41, 5.74) is 5.26. The molecule has 0 spiro atoms. The fourth-order valence-corrected chi connectivity index (χ4v) is 2.49. The zero-order chi connectivity index (χ0) is 13.4. The molecule has 0 amide bonds. The summed E-state index contributed by atoms with van der Waals surface area (Å²) in [5.74, 6) is -0.0884. The summed E-state index contributed by atoms with van der Waals surface area (Å²) < 4.78 is 0. The van der Waals surface area contributed by atoms with Gasteiger partial charge < -0.3 is 25.8 Å². The summed E-state index contributed by atoms with van der Waals surface area (Å²) in [6, 6.07) is 3.54. The molecule has 0 atom stereocenters. The van der Waals surface area contributed by atoms with Crippen molar-refractivity contribution < 1.29 is 5.11 Å². The van der Waals surface area contributed by atoms with E-state index in [-0.39, 0.29) is 19.1 Å². The monoisotopic (exact) mass is 262 g/mol. The number of nitrogens with zero attached hydrogens (tertiary/aromatic N) is 3. The number of guanidine groups is 1. The smallest absolute Gasteiger partial charge is 0.206 e. The molecule has 1 aromatic rings. The first kappa shape index (κ1) is 12.2. The number of aliphatic imine (C=N–C) groups is 1. The summed E-state index contributed by atoms with van der Waals surface area (Å²) >= 11 is 0. The van der Waals surface area contributed by atoms with Crippen LogP contribution in [0.15, 0.2) is 17.1 Å². The van der Waals surface area contributed by atoms with Crippen LogP contribution in [0.2, 0.25) is 0 Å². The molecule has 2 aliphatic rings. The average Bonchev–Trinajstić information content (AvgIpc) is 2.87. The number of hydrazine groups is 1. The first-order valence-electron chi connectivity index (χ1n) is 6.23. The highest BCUT2D eigenvalue weighted by Gasteiger charge is 2.21. The molecule has 0 bridgehead atoms. The van der Waals surface area contributed by atoms with Crippen LogP contribution in [0.25, 0.3) is 0 Å². The van der Waals surface area contributed by atoms with E-state index >= 15 is 0 Å². The maximum atomic E-state index is 12.1. The molecule has 1 aromatic carbocycles. The molecular weight excluding hydrogens is 248 g/mol. The van der Waals surface area contributed by atoms with Crippen molar-refractivity contribution in [2.75, 3.05) is 23.4 Å². The van der Waals surface area contributed by atoms with Gasteiger partial charge in [-0.15, -0.1) is 0 Å². The van der Waals surface area contributed by atoms with Gasteiger partial charge in [0.1, 0.15) is 0 Å². The first-order valence-corrected chi connectivity index (χ1v) is 6.23. The Morgan fingerprint density at radius 2 is 1.89 bits per heavy atom. The van der Waals surface area contributed by atoms with Crippen molar-refractivity contribution in [3.8, 4) is 0 Å². The Kier molecular flexibility index (Phi) is 3.02. The molecule has 19 heavy (non-hydrogen) atoms. The quantitative estimate of drug-likeness (QED) is 0.812. The standard InChI is InChI=1S/C12H14N4O3/c17-5-4-13-12-14-16(19)11-7-9-3-1-2-8(9)6-10(11)15(12)18/h6-7,17H,1-5H2,(H,13,14)/q-2. The van der Waals surface area contributed by atoms with E-state index in [2.05, 4.69) is 10.4 Å². The topological polar surface area (TPSA) is 97.2 Å². The van der Waals surface area contributed by atoms with Gasteiger partial charge in [-0.05, 0) is 42.5 Å². The van der Waals surface area contributed by atoms with Crippen molar-refractivity contribution >= 4 is 17.3 Å². The van der Waals surface area contributed by atoms with Crippen LogP contribution in [0, 0.1) is 10.4 Å². The largest absolute Gasteiger partial charge is 0.752 e. The van der Waals surface area contributed by atoms with Crippen LogP contribution in [0.4, 0.5) is 11.4 Å². The molecule has 102 valence electrons. The molecule has 0 saturated heterocycles. The van der Waals surface area contributed by atoms with E-state index in [0.29, 0.717) is 21.6 Å². The summed E-state index contributed by atoms with van der Waals surface area (Å²) in [6.45, 7) is -0.0931. The van der Waals surface area contributed by atoms with Gasteiger partial charge in [-0.1, -0.05) is 0 Å². The normalized spacial score (nSPS) is 19.4. The number of hydroxylamine groups is 1. The highest BCUT2D eigenvalue weighted by atomic mass is 16.6. The van der Waals surface area contributed by atoms with E-state index in [1.807, 2.05) is 0 Å². The lowest BCUT2D eigenvalue weighted by atomic mass is 10.1. The van der Waals surface area contributed by atoms with Crippen LogP contribution < -0.4 is 15.7 Å². The van der Waals surface area contributed by atoms with Crippen LogP contribution in [-0.2, 0) is 12.8 Å². The van der Waals surface area contributed by atoms with E-state index in [9.17, 15) is 10.4 Å². The van der Waals surface area contributed by atoms with E-state index in [1.165, 1.54) is 0 Å². The molecule has 0 fully saturated rings. The van der Waals surface area contributed by atoms with Crippen LogP contribution in [0.5, 0.6) is 0 Å². The number of fused-ring (bicyclic) bond motifs is 2. The number of nitrogens with one attached hydrogen (secondary N) is 1. The van der Waals surface area contributed by atoms with E-state index in [4.69, 9.17) is 5.11 Å². The SMILES string of the molecule is [O-]N1NC(=NCCO)N([O-])c2cc3c(cc21)CCC3. The predicted octanol–water partition coefficient (Wildman–Crippen LogP) is 0.650. The highest BCUT2D eigenvalue weighted by Crippen LogP contribution is 2.37. The third kappa shape index (κ3) is 2.01. The number of rotatable bonds is 2. The minimum absolute atomic E-state index is 0.0786. The van der Waals surface area contributed by atoms with Crippen LogP contribution in [0.1, 0.15) is 17.5 Å². The second-order valence-electron chi connectivity index (χ2n) is 4.59. The van der Waals surface area contributed by atoms with E-state index < -0.39 is 0 Å². The predicted molar refractivity (Wildman–Crippen MR) is 72.7 cm³/mol.